The van der Waals surface area contributed by atoms with E-state index in [1.165, 1.54) is 0 Å². The number of rotatable bonds is 19. The number of amides is 4. The first-order chi connectivity index (χ1) is 24.4. The molecule has 0 bridgehead atoms. The van der Waals surface area contributed by atoms with Gasteiger partial charge in [-0.05, 0) is 37.2 Å². The van der Waals surface area contributed by atoms with Crippen LogP contribution in [-0.4, -0.2) is 127 Å². The lowest BCUT2D eigenvalue weighted by Crippen LogP contribution is -2.58. The average Bonchev–Trinajstić information content (AvgIpc) is 3.59. The second kappa shape index (κ2) is 20.8. The minimum absolute atomic E-state index is 0.0205. The number of ether oxygens (including phenoxy) is 2. The molecule has 1 aliphatic rings. The van der Waals surface area contributed by atoms with Gasteiger partial charge in [0.05, 0.1) is 48.8 Å². The molecule has 2 rings (SSSR count). The van der Waals surface area contributed by atoms with Crippen LogP contribution in [0.2, 0.25) is 0 Å². The first kappa shape index (κ1) is 44.8. The quantitative estimate of drug-likeness (QED) is 0.146. The summed E-state index contributed by atoms with van der Waals surface area (Å²) in [6, 6.07) is 7.08. The van der Waals surface area contributed by atoms with Crippen molar-refractivity contribution in [3.8, 4) is 0 Å². The monoisotopic (exact) mass is 731 g/mol. The largest absolute Gasteiger partial charge is 0.386 e. The number of aliphatic hydroxyl groups excluding tert-OH is 1. The number of methoxy groups -OCH3 is 2. The number of benzene rings is 1. The van der Waals surface area contributed by atoms with Crippen molar-refractivity contribution in [3.05, 3.63) is 35.9 Å². The molecule has 0 spiro atoms. The van der Waals surface area contributed by atoms with Crippen molar-refractivity contribution < 1.29 is 38.3 Å². The summed E-state index contributed by atoms with van der Waals surface area (Å²) in [5.41, 5.74) is 1.29. The Hall–Kier alpha value is -3.35. The summed E-state index contributed by atoms with van der Waals surface area (Å²) < 4.78 is 13.7. The van der Waals surface area contributed by atoms with E-state index in [2.05, 4.69) is 10.6 Å². The highest BCUT2D eigenvalue weighted by Crippen LogP contribution is 2.30. The first-order valence-corrected chi connectivity index (χ1v) is 18.9. The zero-order valence-electron chi connectivity index (χ0n) is 34.0. The van der Waals surface area contributed by atoms with Gasteiger partial charge in [-0.1, -0.05) is 85.2 Å². The van der Waals surface area contributed by atoms with E-state index in [0.29, 0.717) is 24.2 Å². The minimum atomic E-state index is -0.877. The minimum Gasteiger partial charge on any atom is -0.386 e. The van der Waals surface area contributed by atoms with Crippen LogP contribution in [0.5, 0.6) is 0 Å². The standard InChI is InChI=1S/C40H67N5O7/c1-14-26(6)35(44(11)40(50)33(24(2)3)42-39(49)34(25(4)5)43(9)10)31(51-12)23-32(46)45-22-18-21-30(45)37(52-13)27(7)38(48)41-28(8)36(47)29-19-16-15-17-20-29/h15-17,19-20,24-28,30-31,33,35-37,47H,14,18,21-23H2,1-13H3,(H-,41,42,48,49)/p+1/t26-,27?,28+,30-,31?,33-,35-,36+,37+/m0/s1. The number of aliphatic hydroxyl groups is 1. The molecule has 1 aromatic carbocycles. The van der Waals surface area contributed by atoms with Gasteiger partial charge in [-0.15, -0.1) is 0 Å². The molecule has 0 aliphatic carbocycles. The number of likely N-dealkylation sites (tertiary alicyclic amines) is 1. The van der Waals surface area contributed by atoms with E-state index in [1.54, 1.807) is 49.5 Å². The molecule has 2 unspecified atom stereocenters. The number of carbonyl (C=O) groups is 4. The van der Waals surface area contributed by atoms with Crippen molar-refractivity contribution in [3.63, 3.8) is 0 Å². The van der Waals surface area contributed by atoms with E-state index >= 15 is 0 Å². The molecule has 0 aromatic heterocycles. The summed E-state index contributed by atoms with van der Waals surface area (Å²) in [4.78, 5) is 58.6. The van der Waals surface area contributed by atoms with Gasteiger partial charge >= 0.3 is 5.91 Å². The zero-order valence-corrected chi connectivity index (χ0v) is 34.0. The molecule has 0 radical (unpaired) electrons. The van der Waals surface area contributed by atoms with Crippen LogP contribution in [0.1, 0.15) is 92.7 Å². The van der Waals surface area contributed by atoms with Crippen molar-refractivity contribution in [2.45, 2.75) is 124 Å². The molecule has 1 aliphatic heterocycles. The van der Waals surface area contributed by atoms with Gasteiger partial charge in [0.2, 0.25) is 23.4 Å². The van der Waals surface area contributed by atoms with Crippen molar-refractivity contribution in [2.24, 2.45) is 23.7 Å². The number of likely N-dealkylation sites (N-methyl/N-ethyl adjacent to an activating group) is 1. The Morgan fingerprint density at radius 1 is 0.981 bits per heavy atom. The van der Waals surface area contributed by atoms with E-state index in [1.807, 2.05) is 86.0 Å². The SMILES string of the molecule is CC[C@H](C)[C@@H](C(CC(=O)N1CCC[C@H]1[C@H](OC)C(C)C(=O)N[C@H](C)[C@@H](O)c1ccccc1)OC)N(C)C(=O)[C@@H](NC(=O)C(C(C)C)=[N+](C)C)C(C)C. The molecule has 9 atom stereocenters. The van der Waals surface area contributed by atoms with Crippen molar-refractivity contribution in [1.82, 2.24) is 20.4 Å². The fraction of sp³-hybridized carbons (Fsp3) is 0.725. The molecule has 1 saturated heterocycles. The fourth-order valence-corrected chi connectivity index (χ4v) is 7.61. The molecule has 0 saturated carbocycles. The molecule has 12 heteroatoms. The van der Waals surface area contributed by atoms with E-state index in [9.17, 15) is 24.3 Å². The smallest absolute Gasteiger partial charge is 0.311 e. The maximum absolute atomic E-state index is 14.2. The third kappa shape index (κ3) is 11.3. The molecule has 1 aromatic rings. The fourth-order valence-electron chi connectivity index (χ4n) is 7.61. The summed E-state index contributed by atoms with van der Waals surface area (Å²) >= 11 is 0. The molecule has 294 valence electrons. The van der Waals surface area contributed by atoms with Crippen LogP contribution in [0.4, 0.5) is 0 Å². The van der Waals surface area contributed by atoms with E-state index in [4.69, 9.17) is 9.47 Å². The van der Waals surface area contributed by atoms with Crippen LogP contribution in [0.25, 0.3) is 0 Å². The number of nitrogens with zero attached hydrogens (tertiary/aromatic N) is 3. The van der Waals surface area contributed by atoms with Crippen LogP contribution >= 0.6 is 0 Å². The highest BCUT2D eigenvalue weighted by Gasteiger charge is 2.43. The van der Waals surface area contributed by atoms with Gasteiger partial charge < -0.3 is 35.0 Å². The molecule has 4 amide bonds. The number of nitrogens with one attached hydrogen (secondary N) is 2. The number of hydrogen-bond donors (Lipinski definition) is 3. The average molecular weight is 731 g/mol. The molecule has 1 fully saturated rings. The van der Waals surface area contributed by atoms with E-state index < -0.39 is 42.4 Å². The molecule has 1 heterocycles. The summed E-state index contributed by atoms with van der Waals surface area (Å²) in [6.07, 6.45) is 0.128. The summed E-state index contributed by atoms with van der Waals surface area (Å²) in [7, 11) is 8.48. The Balaban J connectivity index is 2.26. The molecular weight excluding hydrogens is 662 g/mol. The predicted octanol–water partition coefficient (Wildman–Crippen LogP) is 3.65. The predicted molar refractivity (Wildman–Crippen MR) is 204 cm³/mol. The summed E-state index contributed by atoms with van der Waals surface area (Å²) in [6.45, 7) is 15.8. The van der Waals surface area contributed by atoms with Crippen molar-refractivity contribution >= 4 is 29.3 Å². The number of hydrogen-bond acceptors (Lipinski definition) is 7. The molecule has 52 heavy (non-hydrogen) atoms. The summed E-state index contributed by atoms with van der Waals surface area (Å²) in [5, 5.41) is 16.8. The highest BCUT2D eigenvalue weighted by molar-refractivity contribution is 6.37. The van der Waals surface area contributed by atoms with Gasteiger partial charge in [0, 0.05) is 33.7 Å². The van der Waals surface area contributed by atoms with Crippen LogP contribution in [-0.2, 0) is 28.7 Å². The van der Waals surface area contributed by atoms with Gasteiger partial charge in [-0.25, -0.2) is 4.58 Å². The highest BCUT2D eigenvalue weighted by atomic mass is 16.5. The first-order valence-electron chi connectivity index (χ1n) is 18.9. The van der Waals surface area contributed by atoms with Crippen LogP contribution < -0.4 is 10.6 Å². The lowest BCUT2D eigenvalue weighted by Gasteiger charge is -2.40. The Labute approximate surface area is 312 Å². The summed E-state index contributed by atoms with van der Waals surface area (Å²) in [5.74, 6) is -1.77. The normalized spacial score (nSPS) is 19.2. The van der Waals surface area contributed by atoms with Crippen molar-refractivity contribution in [1.29, 1.82) is 0 Å². The molecule has 12 nitrogen and oxygen atoms in total. The number of carbonyl (C=O) groups excluding carboxylic acids is 4. The zero-order chi connectivity index (χ0) is 39.4. The molecular formula is C40H68N5O7+. The van der Waals surface area contributed by atoms with Gasteiger partial charge in [-0.2, -0.15) is 0 Å². The Morgan fingerprint density at radius 3 is 2.10 bits per heavy atom. The van der Waals surface area contributed by atoms with Crippen LogP contribution in [0.3, 0.4) is 0 Å². The topological polar surface area (TPSA) is 141 Å². The Morgan fingerprint density at radius 2 is 1.60 bits per heavy atom. The lowest BCUT2D eigenvalue weighted by molar-refractivity contribution is -0.465. The second-order valence-corrected chi connectivity index (χ2v) is 15.4. The maximum atomic E-state index is 14.2. The second-order valence-electron chi connectivity index (χ2n) is 15.4. The maximum Gasteiger partial charge on any atom is 0.311 e. The van der Waals surface area contributed by atoms with E-state index in [-0.39, 0.29) is 53.8 Å². The van der Waals surface area contributed by atoms with Crippen LogP contribution in [0.15, 0.2) is 30.3 Å². The third-order valence-electron chi connectivity index (χ3n) is 10.7. The third-order valence-corrected chi connectivity index (χ3v) is 10.7. The molecule has 3 N–H and O–H groups in total. The van der Waals surface area contributed by atoms with E-state index in [0.717, 1.165) is 12.8 Å². The Bertz CT molecular complexity index is 1350. The van der Waals surface area contributed by atoms with Gasteiger partial charge in [0.25, 0.3) is 0 Å². The van der Waals surface area contributed by atoms with Gasteiger partial charge in [0.1, 0.15) is 20.1 Å². The van der Waals surface area contributed by atoms with Gasteiger partial charge in [0.15, 0.2) is 0 Å². The van der Waals surface area contributed by atoms with Crippen LogP contribution in [0, 0.1) is 23.7 Å². The van der Waals surface area contributed by atoms with Gasteiger partial charge in [-0.3, -0.25) is 19.2 Å². The Kier molecular flexibility index (Phi) is 17.9. The van der Waals surface area contributed by atoms with Crippen molar-refractivity contribution in [2.75, 3.05) is 41.9 Å². The lowest BCUT2D eigenvalue weighted by atomic mass is 9.89.